The van der Waals surface area contributed by atoms with Crippen LogP contribution in [0, 0.1) is 0 Å². The smallest absolute Gasteiger partial charge is 0.102 e. The van der Waals surface area contributed by atoms with Gasteiger partial charge in [-0.3, -0.25) is 19.5 Å². The fourth-order valence-electron chi connectivity index (χ4n) is 5.04. The molecular weight excluding hydrogens is 432 g/mol. The minimum atomic E-state index is 0.127. The lowest BCUT2D eigenvalue weighted by Crippen LogP contribution is -2.35. The lowest BCUT2D eigenvalue weighted by Gasteiger charge is -2.36. The fourth-order valence-corrected chi connectivity index (χ4v) is 5.04. The van der Waals surface area contributed by atoms with Crippen LogP contribution < -0.4 is 5.32 Å². The summed E-state index contributed by atoms with van der Waals surface area (Å²) in [5.41, 5.74) is 6.27. The number of benzene rings is 1. The molecule has 0 bridgehead atoms. The maximum atomic E-state index is 4.88. The molecule has 6 heteroatoms. The molecule has 0 saturated carbocycles. The van der Waals surface area contributed by atoms with Gasteiger partial charge >= 0.3 is 0 Å². The minimum absolute atomic E-state index is 0.127. The summed E-state index contributed by atoms with van der Waals surface area (Å²) in [5, 5.41) is 8.06. The van der Waals surface area contributed by atoms with Crippen LogP contribution in [0.25, 0.3) is 0 Å². The molecule has 35 heavy (non-hydrogen) atoms. The first kappa shape index (κ1) is 23.4. The number of hydrogen-bond donors (Lipinski definition) is 1. The van der Waals surface area contributed by atoms with Gasteiger partial charge in [-0.25, -0.2) is 0 Å². The van der Waals surface area contributed by atoms with Gasteiger partial charge in [0.1, 0.15) is 6.17 Å². The Labute approximate surface area is 208 Å². The summed E-state index contributed by atoms with van der Waals surface area (Å²) in [6, 6.07) is 21.6. The third kappa shape index (κ3) is 5.84. The molecule has 0 aliphatic heterocycles. The van der Waals surface area contributed by atoms with Gasteiger partial charge in [-0.1, -0.05) is 42.8 Å². The van der Waals surface area contributed by atoms with Crippen molar-refractivity contribution in [2.24, 2.45) is 0 Å². The maximum absolute atomic E-state index is 4.88. The molecule has 2 unspecified atom stereocenters. The van der Waals surface area contributed by atoms with E-state index in [1.54, 1.807) is 0 Å². The summed E-state index contributed by atoms with van der Waals surface area (Å²) in [7, 11) is 0. The van der Waals surface area contributed by atoms with E-state index in [4.69, 9.17) is 4.98 Å². The summed E-state index contributed by atoms with van der Waals surface area (Å²) >= 11 is 0. The number of nitrogens with zero attached hydrogens (tertiary/aromatic N) is 5. The van der Waals surface area contributed by atoms with Gasteiger partial charge in [-0.05, 0) is 67.1 Å². The van der Waals surface area contributed by atoms with E-state index in [2.05, 4.69) is 74.5 Å². The van der Waals surface area contributed by atoms with Gasteiger partial charge in [0.2, 0.25) is 0 Å². The van der Waals surface area contributed by atoms with Gasteiger partial charge in [-0.15, -0.1) is 0 Å². The normalized spacial score (nSPS) is 16.6. The first-order chi connectivity index (χ1) is 17.3. The third-order valence-corrected chi connectivity index (χ3v) is 6.95. The molecule has 0 spiro atoms. The first-order valence-corrected chi connectivity index (χ1v) is 12.6. The van der Waals surface area contributed by atoms with Gasteiger partial charge < -0.3 is 5.32 Å². The molecule has 0 radical (unpaired) electrons. The zero-order chi connectivity index (χ0) is 23.9. The van der Waals surface area contributed by atoms with Crippen molar-refractivity contribution in [3.05, 3.63) is 114 Å². The number of aromatic nitrogens is 4. The maximum Gasteiger partial charge on any atom is 0.102 e. The average molecular weight is 467 g/mol. The molecule has 1 aliphatic rings. The second-order valence-corrected chi connectivity index (χ2v) is 9.34. The minimum Gasteiger partial charge on any atom is -0.307 e. The van der Waals surface area contributed by atoms with Crippen molar-refractivity contribution in [2.75, 3.05) is 0 Å². The van der Waals surface area contributed by atoms with E-state index < -0.39 is 0 Å². The highest BCUT2D eigenvalue weighted by Crippen LogP contribution is 2.36. The Morgan fingerprint density at radius 1 is 0.914 bits per heavy atom. The van der Waals surface area contributed by atoms with E-state index in [0.717, 1.165) is 38.2 Å². The number of pyridine rings is 2. The first-order valence-electron chi connectivity index (χ1n) is 12.6. The zero-order valence-corrected chi connectivity index (χ0v) is 20.4. The predicted molar refractivity (Wildman–Crippen MR) is 138 cm³/mol. The quantitative estimate of drug-likeness (QED) is 0.332. The van der Waals surface area contributed by atoms with E-state index in [9.17, 15) is 0 Å². The number of rotatable bonds is 9. The molecule has 1 aliphatic carbocycles. The Kier molecular flexibility index (Phi) is 7.61. The van der Waals surface area contributed by atoms with Crippen molar-refractivity contribution in [2.45, 2.75) is 64.4 Å². The van der Waals surface area contributed by atoms with Gasteiger partial charge in [-0.2, -0.15) is 5.10 Å². The number of nitrogens with one attached hydrogen (secondary N) is 1. The van der Waals surface area contributed by atoms with Crippen LogP contribution in [0.15, 0.2) is 85.5 Å². The molecule has 1 aromatic carbocycles. The van der Waals surface area contributed by atoms with E-state index in [1.165, 1.54) is 35.2 Å². The topological polar surface area (TPSA) is 58.9 Å². The number of aryl methyl sites for hydroxylation is 1. The van der Waals surface area contributed by atoms with Gasteiger partial charge in [0, 0.05) is 44.4 Å². The molecule has 3 heterocycles. The summed E-state index contributed by atoms with van der Waals surface area (Å²) < 4.78 is 2.06. The largest absolute Gasteiger partial charge is 0.307 e. The Hall–Kier alpha value is -3.35. The molecule has 5 rings (SSSR count). The van der Waals surface area contributed by atoms with Gasteiger partial charge in [0.15, 0.2) is 0 Å². The Bertz CT molecular complexity index is 1170. The lowest BCUT2D eigenvalue weighted by molar-refractivity contribution is 0.0718. The Morgan fingerprint density at radius 2 is 1.77 bits per heavy atom. The molecule has 0 fully saturated rings. The Morgan fingerprint density at radius 3 is 2.57 bits per heavy atom. The molecule has 2 atom stereocenters. The molecular formula is C29H34N6. The van der Waals surface area contributed by atoms with Crippen molar-refractivity contribution < 1.29 is 0 Å². The molecule has 1 N–H and O–H groups in total. The van der Waals surface area contributed by atoms with Gasteiger partial charge in [0.25, 0.3) is 0 Å². The molecule has 0 saturated heterocycles. The molecule has 3 aromatic heterocycles. The highest BCUT2D eigenvalue weighted by Gasteiger charge is 2.30. The lowest BCUT2D eigenvalue weighted by atomic mass is 10.0. The van der Waals surface area contributed by atoms with Crippen LogP contribution in [-0.4, -0.2) is 24.6 Å². The van der Waals surface area contributed by atoms with Crippen LogP contribution in [0.5, 0.6) is 0 Å². The molecule has 6 nitrogen and oxygen atoms in total. The second kappa shape index (κ2) is 11.4. The van der Waals surface area contributed by atoms with Crippen LogP contribution >= 0.6 is 0 Å². The number of fused-ring (bicyclic) bond motifs is 1. The van der Waals surface area contributed by atoms with Crippen LogP contribution in [0.2, 0.25) is 0 Å². The molecule has 180 valence electrons. The highest BCUT2D eigenvalue weighted by atomic mass is 15.4. The van der Waals surface area contributed by atoms with Crippen molar-refractivity contribution in [1.29, 1.82) is 0 Å². The Balaban J connectivity index is 1.32. The van der Waals surface area contributed by atoms with E-state index in [1.807, 2.05) is 42.9 Å². The second-order valence-electron chi connectivity index (χ2n) is 9.34. The summed E-state index contributed by atoms with van der Waals surface area (Å²) in [5.74, 6) is 0. The average Bonchev–Trinajstić information content (AvgIpc) is 3.36. The third-order valence-electron chi connectivity index (χ3n) is 6.95. The molecule has 0 amide bonds. The van der Waals surface area contributed by atoms with Crippen molar-refractivity contribution in [1.82, 2.24) is 30.0 Å². The van der Waals surface area contributed by atoms with Gasteiger partial charge in [0.05, 0.1) is 17.4 Å². The fraction of sp³-hybridized carbons (Fsp3) is 0.345. The molecule has 4 aromatic rings. The van der Waals surface area contributed by atoms with Crippen LogP contribution in [-0.2, 0) is 26.1 Å². The monoisotopic (exact) mass is 466 g/mol. The highest BCUT2D eigenvalue weighted by molar-refractivity contribution is 5.26. The van der Waals surface area contributed by atoms with Crippen molar-refractivity contribution in [3.63, 3.8) is 0 Å². The SMILES string of the molecule is CC(N(Cc1ccc(CNCc2ccccn2)cc1)C1CCCCc2cccnc21)n1cccn1. The van der Waals surface area contributed by atoms with E-state index >= 15 is 0 Å². The van der Waals surface area contributed by atoms with Crippen molar-refractivity contribution >= 4 is 0 Å². The predicted octanol–water partition coefficient (Wildman–Crippen LogP) is 5.45. The van der Waals surface area contributed by atoms with Crippen LogP contribution in [0.3, 0.4) is 0 Å². The summed E-state index contributed by atoms with van der Waals surface area (Å²) in [6.45, 7) is 4.69. The van der Waals surface area contributed by atoms with E-state index in [0.29, 0.717) is 0 Å². The zero-order valence-electron chi connectivity index (χ0n) is 20.4. The standard InChI is InChI=1S/C29H34N6/c1-23(35-19-7-18-33-35)34(28-11-3-2-8-26-9-6-17-32-29(26)28)22-25-14-12-24(13-15-25)20-30-21-27-10-4-5-16-31-27/h4-7,9-10,12-19,23,28,30H,2-3,8,11,20-22H2,1H3. The number of hydrogen-bond acceptors (Lipinski definition) is 5. The van der Waals surface area contributed by atoms with Crippen LogP contribution in [0.4, 0.5) is 0 Å². The van der Waals surface area contributed by atoms with E-state index in [-0.39, 0.29) is 12.2 Å². The van der Waals surface area contributed by atoms with Crippen molar-refractivity contribution in [3.8, 4) is 0 Å². The van der Waals surface area contributed by atoms with Crippen LogP contribution in [0.1, 0.15) is 66.5 Å². The summed E-state index contributed by atoms with van der Waals surface area (Å²) in [4.78, 5) is 11.8. The summed E-state index contributed by atoms with van der Waals surface area (Å²) in [6.07, 6.45) is 12.5.